The van der Waals surface area contributed by atoms with Crippen LogP contribution in [0.25, 0.3) is 11.5 Å². The minimum atomic E-state index is 0.430. The van der Waals surface area contributed by atoms with E-state index in [-0.39, 0.29) is 0 Å². The number of hydrogen-bond acceptors (Lipinski definition) is 12. The quantitative estimate of drug-likeness (QED) is 0.168. The molecule has 0 aromatic carbocycles. The molecule has 1 N–H and O–H groups in total. The number of aryl methyl sites for hydroxylation is 6. The van der Waals surface area contributed by atoms with Gasteiger partial charge in [-0.25, -0.2) is 24.3 Å². The smallest absolute Gasteiger partial charge is 0.157 e. The van der Waals surface area contributed by atoms with Crippen molar-refractivity contribution in [2.75, 3.05) is 93.6 Å². The number of anilines is 3. The Morgan fingerprint density at radius 1 is 0.459 bits per heavy atom. The molecular formula is C42H52Cl4N12O3. The Morgan fingerprint density at radius 3 is 1.30 bits per heavy atom. The normalized spacial score (nSPS) is 15.3. The topological polar surface area (TPSA) is 140 Å². The Kier molecular flexibility index (Phi) is 16.6. The van der Waals surface area contributed by atoms with Gasteiger partial charge in [-0.1, -0.05) is 46.4 Å². The van der Waals surface area contributed by atoms with Crippen LogP contribution in [0.2, 0.25) is 20.4 Å². The first-order valence-electron chi connectivity index (χ1n) is 20.0. The van der Waals surface area contributed by atoms with Gasteiger partial charge in [0.05, 0.1) is 62.4 Å². The summed E-state index contributed by atoms with van der Waals surface area (Å²) in [6.07, 6.45) is 0. The summed E-state index contributed by atoms with van der Waals surface area (Å²) in [5.41, 5.74) is 7.20. The molecule has 0 atom stereocenters. The van der Waals surface area contributed by atoms with E-state index in [4.69, 9.17) is 60.6 Å². The first-order valence-corrected chi connectivity index (χ1v) is 21.5. The van der Waals surface area contributed by atoms with Crippen molar-refractivity contribution in [3.63, 3.8) is 0 Å². The Labute approximate surface area is 376 Å². The molecule has 0 unspecified atom stereocenters. The van der Waals surface area contributed by atoms with Gasteiger partial charge in [-0.05, 0) is 77.9 Å². The summed E-state index contributed by atoms with van der Waals surface area (Å²) >= 11 is 24.1. The van der Waals surface area contributed by atoms with E-state index in [1.165, 1.54) is 0 Å². The largest absolute Gasteiger partial charge is 0.378 e. The average Bonchev–Trinajstić information content (AvgIpc) is 3.92. The number of ether oxygens (including phenoxy) is 3. The number of pyridine rings is 3. The van der Waals surface area contributed by atoms with Crippen molar-refractivity contribution in [2.45, 2.75) is 41.5 Å². The highest BCUT2D eigenvalue weighted by Gasteiger charge is 2.18. The van der Waals surface area contributed by atoms with Crippen molar-refractivity contribution < 1.29 is 14.2 Å². The predicted octanol–water partition coefficient (Wildman–Crippen LogP) is 8.00. The number of aromatic amines is 1. The van der Waals surface area contributed by atoms with Crippen LogP contribution in [0.5, 0.6) is 0 Å². The highest BCUT2D eigenvalue weighted by Crippen LogP contribution is 2.25. The van der Waals surface area contributed by atoms with Crippen molar-refractivity contribution in [1.29, 1.82) is 0 Å². The van der Waals surface area contributed by atoms with Crippen LogP contribution in [0.15, 0.2) is 54.6 Å². The second-order valence-corrected chi connectivity index (χ2v) is 16.3. The second kappa shape index (κ2) is 22.0. The lowest BCUT2D eigenvalue weighted by Crippen LogP contribution is -2.36. The lowest BCUT2D eigenvalue weighted by Gasteiger charge is -2.28. The van der Waals surface area contributed by atoms with Crippen molar-refractivity contribution in [2.24, 2.45) is 0 Å². The van der Waals surface area contributed by atoms with Gasteiger partial charge < -0.3 is 28.9 Å². The van der Waals surface area contributed by atoms with Gasteiger partial charge >= 0.3 is 0 Å². The van der Waals surface area contributed by atoms with Crippen LogP contribution in [-0.2, 0) is 14.2 Å². The minimum Gasteiger partial charge on any atom is -0.378 e. The van der Waals surface area contributed by atoms with Crippen molar-refractivity contribution in [1.82, 2.24) is 44.7 Å². The monoisotopic (exact) mass is 912 g/mol. The molecule has 3 aliphatic heterocycles. The van der Waals surface area contributed by atoms with Gasteiger partial charge in [-0.2, -0.15) is 15.3 Å². The van der Waals surface area contributed by atoms with Crippen LogP contribution in [0.3, 0.4) is 0 Å². The number of hydrogen-bond donors (Lipinski definition) is 1. The molecule has 0 spiro atoms. The Balaban J connectivity index is 0.000000143. The van der Waals surface area contributed by atoms with Gasteiger partial charge in [-0.15, -0.1) is 0 Å². The van der Waals surface area contributed by atoms with E-state index in [0.717, 1.165) is 142 Å². The molecule has 0 amide bonds. The molecule has 0 aliphatic carbocycles. The fraction of sp³-hybridized carbons (Fsp3) is 0.429. The van der Waals surface area contributed by atoms with Crippen LogP contribution in [0.4, 0.5) is 17.5 Å². The first kappa shape index (κ1) is 46.0. The molecular weight excluding hydrogens is 862 g/mol. The lowest BCUT2D eigenvalue weighted by molar-refractivity contribution is 0.122. The minimum absolute atomic E-state index is 0.430. The molecule has 9 rings (SSSR count). The molecule has 3 fully saturated rings. The predicted molar refractivity (Wildman–Crippen MR) is 243 cm³/mol. The maximum absolute atomic E-state index is 6.24. The van der Waals surface area contributed by atoms with Crippen molar-refractivity contribution >= 4 is 63.9 Å². The van der Waals surface area contributed by atoms with Gasteiger partial charge in [0.25, 0.3) is 0 Å². The summed E-state index contributed by atoms with van der Waals surface area (Å²) in [4.78, 5) is 19.8. The molecule has 0 radical (unpaired) electrons. The third-order valence-electron chi connectivity index (χ3n) is 9.59. The van der Waals surface area contributed by atoms with E-state index in [9.17, 15) is 0 Å². The zero-order valence-corrected chi connectivity index (χ0v) is 38.4. The van der Waals surface area contributed by atoms with E-state index >= 15 is 0 Å². The van der Waals surface area contributed by atoms with Crippen LogP contribution < -0.4 is 14.7 Å². The highest BCUT2D eigenvalue weighted by molar-refractivity contribution is 6.34. The van der Waals surface area contributed by atoms with Crippen molar-refractivity contribution in [3.8, 4) is 11.5 Å². The summed E-state index contributed by atoms with van der Waals surface area (Å²) in [7, 11) is 0. The lowest BCUT2D eigenvalue weighted by atomic mass is 10.3. The maximum Gasteiger partial charge on any atom is 0.157 e. The number of nitrogens with zero attached hydrogens (tertiary/aromatic N) is 11. The van der Waals surface area contributed by atoms with Gasteiger partial charge in [-0.3, -0.25) is 5.10 Å². The fourth-order valence-corrected chi connectivity index (χ4v) is 7.65. The van der Waals surface area contributed by atoms with E-state index in [2.05, 4.69) is 50.0 Å². The molecule has 6 aromatic rings. The molecule has 3 saturated heterocycles. The van der Waals surface area contributed by atoms with Gasteiger partial charge in [0.1, 0.15) is 27.8 Å². The maximum atomic E-state index is 6.24. The molecule has 61 heavy (non-hydrogen) atoms. The number of H-pyrrole nitrogens is 1. The van der Waals surface area contributed by atoms with E-state index in [1.54, 1.807) is 6.07 Å². The van der Waals surface area contributed by atoms with Crippen molar-refractivity contribution in [3.05, 3.63) is 109 Å². The summed E-state index contributed by atoms with van der Waals surface area (Å²) in [5, 5.41) is 17.9. The standard InChI is InChI=1S/2C14H17ClN4O.C9H10Cl2N2O.C5H8N2/c1-10-7-11(2)19(17-10)12-8-13(15)16-14(9-12)18-3-5-20-6-4-18;1-10-7-11(2)19(17-10)14-9-12(15)8-13(16-14)18-3-5-20-6-4-18;10-7-5-8(11)12-9(6-7)13-1-3-14-4-2-13;1-4-3-5(2)7-6-4/h2*7-9H,3-6H2,1-2H3;5-6H,1-4H2;3H,1-2H3,(H,6,7). The molecule has 3 aliphatic rings. The van der Waals surface area contributed by atoms with Gasteiger partial charge in [0, 0.05) is 84.6 Å². The van der Waals surface area contributed by atoms with Crippen LogP contribution >= 0.6 is 46.4 Å². The summed E-state index contributed by atoms with van der Waals surface area (Å²) in [5.74, 6) is 3.34. The number of aromatic nitrogens is 9. The summed E-state index contributed by atoms with van der Waals surface area (Å²) < 4.78 is 19.7. The molecule has 0 bridgehead atoms. The highest BCUT2D eigenvalue weighted by atomic mass is 35.5. The van der Waals surface area contributed by atoms with E-state index < -0.39 is 0 Å². The molecule has 9 heterocycles. The van der Waals surface area contributed by atoms with E-state index in [0.29, 0.717) is 20.4 Å². The summed E-state index contributed by atoms with van der Waals surface area (Å²) in [6.45, 7) is 21.3. The third kappa shape index (κ3) is 13.5. The third-order valence-corrected chi connectivity index (χ3v) is 10.4. The Morgan fingerprint density at radius 2 is 0.885 bits per heavy atom. The number of rotatable bonds is 5. The molecule has 6 aromatic heterocycles. The second-order valence-electron chi connectivity index (χ2n) is 14.6. The van der Waals surface area contributed by atoms with Gasteiger partial charge in [0.15, 0.2) is 5.82 Å². The molecule has 15 nitrogen and oxygen atoms in total. The first-order chi connectivity index (χ1) is 29.3. The van der Waals surface area contributed by atoms with Crippen LogP contribution in [0, 0.1) is 41.5 Å². The molecule has 19 heteroatoms. The number of nitrogens with one attached hydrogen (secondary N) is 1. The van der Waals surface area contributed by atoms with Gasteiger partial charge in [0.2, 0.25) is 0 Å². The average molecular weight is 915 g/mol. The number of halogens is 4. The summed E-state index contributed by atoms with van der Waals surface area (Å²) in [6, 6.07) is 17.1. The zero-order valence-electron chi connectivity index (χ0n) is 35.3. The molecule has 326 valence electrons. The number of morpholine rings is 3. The Bertz CT molecular complexity index is 2190. The molecule has 0 saturated carbocycles. The zero-order chi connectivity index (χ0) is 43.5. The SMILES string of the molecule is Cc1cc(C)[nH]n1.Cc1cc(C)n(-c2cc(Cl)cc(N3CCOCC3)n2)n1.Cc1cc(C)n(-c2cc(Cl)nc(N3CCOCC3)c2)n1.Clc1cc(Cl)nc(N2CCOCC2)c1. The van der Waals surface area contributed by atoms with E-state index in [1.807, 2.05) is 99.4 Å². The Hall–Kier alpha value is -4.48. The van der Waals surface area contributed by atoms with Crippen LogP contribution in [0.1, 0.15) is 34.2 Å². The fourth-order valence-electron chi connectivity index (χ4n) is 6.79. The van der Waals surface area contributed by atoms with Crippen LogP contribution in [-0.4, -0.2) is 124 Å².